The predicted octanol–water partition coefficient (Wildman–Crippen LogP) is 5.14. The van der Waals surface area contributed by atoms with Crippen molar-refractivity contribution in [3.05, 3.63) is 75.8 Å². The zero-order valence-corrected chi connectivity index (χ0v) is 23.0. The maximum absolute atomic E-state index is 13.5. The molecule has 0 aromatic heterocycles. The highest BCUT2D eigenvalue weighted by atomic mass is 79.9. The highest BCUT2D eigenvalue weighted by Crippen LogP contribution is 2.40. The van der Waals surface area contributed by atoms with E-state index in [4.69, 9.17) is 28.4 Å². The van der Waals surface area contributed by atoms with E-state index in [1.807, 2.05) is 12.1 Å². The van der Waals surface area contributed by atoms with Crippen molar-refractivity contribution in [1.82, 2.24) is 5.32 Å². The van der Waals surface area contributed by atoms with Crippen LogP contribution in [0.1, 0.15) is 27.6 Å². The van der Waals surface area contributed by atoms with Crippen LogP contribution in [0.5, 0.6) is 28.7 Å². The van der Waals surface area contributed by atoms with Gasteiger partial charge in [0, 0.05) is 6.54 Å². The van der Waals surface area contributed by atoms with Gasteiger partial charge in [-0.1, -0.05) is 12.1 Å². The number of amides is 1. The first-order valence-corrected chi connectivity index (χ1v) is 12.6. The lowest BCUT2D eigenvalue weighted by Crippen LogP contribution is -2.42. The van der Waals surface area contributed by atoms with E-state index in [-0.39, 0.29) is 12.1 Å². The van der Waals surface area contributed by atoms with Crippen LogP contribution < -0.4 is 29.0 Å². The van der Waals surface area contributed by atoms with E-state index in [0.29, 0.717) is 45.2 Å². The Morgan fingerprint density at radius 3 is 2.32 bits per heavy atom. The number of hydrogen-bond donors (Lipinski definition) is 1. The standard InChI is InChI=1S/C28H28BrNO8/c1-33-18-7-10-21-19(15-18)25(31)27(26(37-21)17-6-9-22(34-2)20(29)14-17)38-28(32)30-12-11-16-5-8-23(35-3)24(13-16)36-4/h5-10,13-15,26-27H,11-12H2,1-4H3,(H,30,32)/t26-,27+/m0/s1. The number of halogens is 1. The number of Topliss-reactive ketones (excluding diaryl/α,β-unsaturated/α-hetero) is 1. The van der Waals surface area contributed by atoms with Crippen molar-refractivity contribution >= 4 is 27.8 Å². The number of carbonyl (C=O) groups excluding carboxylic acids is 2. The van der Waals surface area contributed by atoms with Gasteiger partial charge in [0.05, 0.1) is 38.5 Å². The van der Waals surface area contributed by atoms with E-state index in [9.17, 15) is 9.59 Å². The molecule has 0 fully saturated rings. The van der Waals surface area contributed by atoms with Crippen LogP contribution in [0.3, 0.4) is 0 Å². The molecular formula is C28H28BrNO8. The number of rotatable bonds is 9. The van der Waals surface area contributed by atoms with E-state index in [2.05, 4.69) is 21.2 Å². The third kappa shape index (κ3) is 5.80. The maximum Gasteiger partial charge on any atom is 0.408 e. The summed E-state index contributed by atoms with van der Waals surface area (Å²) in [5, 5.41) is 2.72. The fourth-order valence-electron chi connectivity index (χ4n) is 4.14. The first-order chi connectivity index (χ1) is 18.4. The highest BCUT2D eigenvalue weighted by molar-refractivity contribution is 9.10. The van der Waals surface area contributed by atoms with Gasteiger partial charge >= 0.3 is 6.09 Å². The molecular weight excluding hydrogens is 558 g/mol. The Kier molecular flexibility index (Phi) is 8.62. The number of alkyl carbamates (subject to hydrolysis) is 1. The second-order valence-electron chi connectivity index (χ2n) is 8.35. The van der Waals surface area contributed by atoms with Crippen LogP contribution >= 0.6 is 15.9 Å². The van der Waals surface area contributed by atoms with Crippen molar-refractivity contribution in [3.63, 3.8) is 0 Å². The summed E-state index contributed by atoms with van der Waals surface area (Å²) in [7, 11) is 6.19. The van der Waals surface area contributed by atoms with Gasteiger partial charge in [0.15, 0.2) is 17.6 Å². The average Bonchev–Trinajstić information content (AvgIpc) is 2.94. The Morgan fingerprint density at radius 2 is 1.63 bits per heavy atom. The summed E-state index contributed by atoms with van der Waals surface area (Å²) in [6.45, 7) is 0.277. The molecule has 4 rings (SSSR count). The Morgan fingerprint density at radius 1 is 0.895 bits per heavy atom. The van der Waals surface area contributed by atoms with Gasteiger partial charge in [-0.15, -0.1) is 0 Å². The lowest BCUT2D eigenvalue weighted by atomic mass is 9.93. The second kappa shape index (κ2) is 12.1. The Hall–Kier alpha value is -3.92. The molecule has 1 N–H and O–H groups in total. The van der Waals surface area contributed by atoms with Gasteiger partial charge in [-0.05, 0) is 75.9 Å². The fourth-order valence-corrected chi connectivity index (χ4v) is 4.70. The molecule has 0 aliphatic carbocycles. The van der Waals surface area contributed by atoms with Crippen LogP contribution in [0.15, 0.2) is 59.1 Å². The van der Waals surface area contributed by atoms with Crippen molar-refractivity contribution < 1.29 is 38.0 Å². The third-order valence-corrected chi connectivity index (χ3v) is 6.73. The molecule has 1 heterocycles. The van der Waals surface area contributed by atoms with Crippen molar-refractivity contribution in [2.45, 2.75) is 18.6 Å². The van der Waals surface area contributed by atoms with Gasteiger partial charge in [0.1, 0.15) is 17.2 Å². The van der Waals surface area contributed by atoms with Gasteiger partial charge < -0.3 is 33.7 Å². The van der Waals surface area contributed by atoms with E-state index < -0.39 is 24.1 Å². The molecule has 2 atom stereocenters. The van der Waals surface area contributed by atoms with Crippen molar-refractivity contribution in [2.24, 2.45) is 0 Å². The molecule has 200 valence electrons. The molecule has 0 saturated heterocycles. The molecule has 1 amide bonds. The van der Waals surface area contributed by atoms with Gasteiger partial charge in [-0.2, -0.15) is 0 Å². The number of fused-ring (bicyclic) bond motifs is 1. The van der Waals surface area contributed by atoms with E-state index in [1.165, 1.54) is 7.11 Å². The first-order valence-electron chi connectivity index (χ1n) is 11.8. The van der Waals surface area contributed by atoms with Crippen LogP contribution in [-0.4, -0.2) is 53.0 Å². The molecule has 0 unspecified atom stereocenters. The van der Waals surface area contributed by atoms with Gasteiger partial charge in [-0.25, -0.2) is 4.79 Å². The van der Waals surface area contributed by atoms with Crippen molar-refractivity contribution in [1.29, 1.82) is 0 Å². The Bertz CT molecular complexity index is 1330. The minimum atomic E-state index is -1.23. The normalized spacial score (nSPS) is 16.1. The molecule has 3 aromatic rings. The molecule has 0 radical (unpaired) electrons. The zero-order chi connectivity index (χ0) is 27.2. The van der Waals surface area contributed by atoms with E-state index in [0.717, 1.165) is 5.56 Å². The molecule has 0 bridgehead atoms. The van der Waals surface area contributed by atoms with Gasteiger partial charge in [-0.3, -0.25) is 4.79 Å². The second-order valence-corrected chi connectivity index (χ2v) is 9.21. The molecule has 0 spiro atoms. The smallest absolute Gasteiger partial charge is 0.408 e. The topological polar surface area (TPSA) is 102 Å². The summed E-state index contributed by atoms with van der Waals surface area (Å²) < 4.78 is 33.7. The average molecular weight is 586 g/mol. The third-order valence-electron chi connectivity index (χ3n) is 6.11. The number of ketones is 1. The number of methoxy groups -OCH3 is 4. The Labute approximate surface area is 229 Å². The van der Waals surface area contributed by atoms with Crippen LogP contribution in [-0.2, 0) is 11.2 Å². The zero-order valence-electron chi connectivity index (χ0n) is 21.4. The van der Waals surface area contributed by atoms with Crippen LogP contribution in [0.25, 0.3) is 0 Å². The largest absolute Gasteiger partial charge is 0.497 e. The quantitative estimate of drug-likeness (QED) is 0.368. The number of benzene rings is 3. The summed E-state index contributed by atoms with van der Waals surface area (Å²) in [6.07, 6.45) is -2.33. The SMILES string of the molecule is COc1ccc2c(c1)C(=O)[C@@H](OC(=O)NCCc1ccc(OC)c(OC)c1)[C@H](c1ccc(OC)c(Br)c1)O2. The van der Waals surface area contributed by atoms with Crippen molar-refractivity contribution in [3.8, 4) is 28.7 Å². The van der Waals surface area contributed by atoms with Crippen LogP contribution in [0.4, 0.5) is 4.79 Å². The lowest BCUT2D eigenvalue weighted by Gasteiger charge is -2.32. The monoisotopic (exact) mass is 585 g/mol. The summed E-state index contributed by atoms with van der Waals surface area (Å²) in [5.41, 5.74) is 1.84. The molecule has 1 aliphatic rings. The van der Waals surface area contributed by atoms with E-state index >= 15 is 0 Å². The van der Waals surface area contributed by atoms with Crippen LogP contribution in [0.2, 0.25) is 0 Å². The first kappa shape index (κ1) is 27.1. The summed E-state index contributed by atoms with van der Waals surface area (Å²) in [6, 6.07) is 15.7. The fraction of sp³-hybridized carbons (Fsp3) is 0.286. The Balaban J connectivity index is 1.52. The number of ether oxygens (including phenoxy) is 6. The van der Waals surface area contributed by atoms with Crippen LogP contribution in [0, 0.1) is 0 Å². The summed E-state index contributed by atoms with van der Waals surface area (Å²) in [5.74, 6) is 2.31. The number of carbonyl (C=O) groups is 2. The van der Waals surface area contributed by atoms with Crippen molar-refractivity contribution in [2.75, 3.05) is 35.0 Å². The molecule has 10 heteroatoms. The number of nitrogens with one attached hydrogen (secondary N) is 1. The molecule has 9 nitrogen and oxygen atoms in total. The van der Waals surface area contributed by atoms with Gasteiger partial charge in [0.2, 0.25) is 11.9 Å². The number of hydrogen-bond acceptors (Lipinski definition) is 8. The maximum atomic E-state index is 13.5. The highest BCUT2D eigenvalue weighted by Gasteiger charge is 2.41. The van der Waals surface area contributed by atoms with Gasteiger partial charge in [0.25, 0.3) is 0 Å². The minimum absolute atomic E-state index is 0.274. The predicted molar refractivity (Wildman–Crippen MR) is 143 cm³/mol. The summed E-state index contributed by atoms with van der Waals surface area (Å²) in [4.78, 5) is 26.3. The molecule has 3 aromatic carbocycles. The lowest BCUT2D eigenvalue weighted by molar-refractivity contribution is 0.00907. The molecule has 0 saturated carbocycles. The summed E-state index contributed by atoms with van der Waals surface area (Å²) >= 11 is 3.47. The van der Waals surface area contributed by atoms with E-state index in [1.54, 1.807) is 63.8 Å². The minimum Gasteiger partial charge on any atom is -0.497 e. The molecule has 38 heavy (non-hydrogen) atoms. The molecule has 1 aliphatic heterocycles.